The molecule has 1 aliphatic carbocycles. The van der Waals surface area contributed by atoms with Crippen molar-refractivity contribution in [3.63, 3.8) is 0 Å². The highest BCUT2D eigenvalue weighted by Crippen LogP contribution is 2.40. The van der Waals surface area contributed by atoms with Crippen LogP contribution in [0.1, 0.15) is 44.1 Å². The Morgan fingerprint density at radius 3 is 2.26 bits per heavy atom. The maximum atomic E-state index is 14.0. The molecule has 3 fully saturated rings. The van der Waals surface area contributed by atoms with Gasteiger partial charge in [-0.05, 0) is 62.5 Å². The van der Waals surface area contributed by atoms with E-state index in [9.17, 15) is 27.9 Å². The van der Waals surface area contributed by atoms with Gasteiger partial charge in [-0.15, -0.1) is 0 Å². The molecule has 0 spiro atoms. The lowest BCUT2D eigenvalue weighted by molar-refractivity contribution is -0.142. The summed E-state index contributed by atoms with van der Waals surface area (Å²) < 4.78 is 40.7. The predicted octanol–water partition coefficient (Wildman–Crippen LogP) is 1.63. The molecule has 170 valence electrons. The monoisotopic (exact) mass is 439 g/mol. The zero-order chi connectivity index (χ0) is 22.3. The van der Waals surface area contributed by atoms with Crippen molar-refractivity contribution in [1.82, 2.24) is 10.2 Å². The van der Waals surface area contributed by atoms with Crippen molar-refractivity contribution in [2.75, 3.05) is 6.61 Å². The Balaban J connectivity index is 1.39. The zero-order valence-corrected chi connectivity index (χ0v) is 17.2. The summed E-state index contributed by atoms with van der Waals surface area (Å²) in [6.45, 7) is -0.453. The number of aliphatic hydroxyl groups excluding tert-OH is 1. The lowest BCUT2D eigenvalue weighted by atomic mass is 9.82. The topological polar surface area (TPSA) is 95.7 Å². The lowest BCUT2D eigenvalue weighted by Crippen LogP contribution is -2.57. The van der Waals surface area contributed by atoms with Gasteiger partial charge in [0.05, 0.1) is 6.61 Å². The third-order valence-electron chi connectivity index (χ3n) is 6.92. The third kappa shape index (κ3) is 4.57. The molecule has 1 saturated carbocycles. The molecule has 4 N–H and O–H groups in total. The summed E-state index contributed by atoms with van der Waals surface area (Å²) in [6, 6.07) is -0.145. The number of carbonyl (C=O) groups is 2. The van der Waals surface area contributed by atoms with Gasteiger partial charge < -0.3 is 21.1 Å². The van der Waals surface area contributed by atoms with Gasteiger partial charge in [0, 0.05) is 30.1 Å². The van der Waals surface area contributed by atoms with Crippen molar-refractivity contribution in [2.24, 2.45) is 17.6 Å². The van der Waals surface area contributed by atoms with Gasteiger partial charge in [0.25, 0.3) is 0 Å². The van der Waals surface area contributed by atoms with E-state index in [1.54, 1.807) is 4.90 Å². The molecule has 2 saturated heterocycles. The number of benzene rings is 1. The smallest absolute Gasteiger partial charge is 0.248 e. The van der Waals surface area contributed by atoms with Crippen molar-refractivity contribution in [1.29, 1.82) is 0 Å². The van der Waals surface area contributed by atoms with Gasteiger partial charge in [-0.25, -0.2) is 13.2 Å². The highest BCUT2D eigenvalue weighted by molar-refractivity contribution is 5.90. The Kier molecular flexibility index (Phi) is 6.25. The largest absolute Gasteiger partial charge is 0.394 e. The number of halogens is 3. The second-order valence-corrected chi connectivity index (χ2v) is 9.11. The van der Waals surface area contributed by atoms with Crippen LogP contribution < -0.4 is 11.1 Å². The zero-order valence-electron chi connectivity index (χ0n) is 17.2. The van der Waals surface area contributed by atoms with Crippen molar-refractivity contribution in [3.8, 4) is 0 Å². The minimum atomic E-state index is -1.23. The summed E-state index contributed by atoms with van der Waals surface area (Å²) >= 11 is 0. The minimum Gasteiger partial charge on any atom is -0.394 e. The number of amides is 2. The van der Waals surface area contributed by atoms with E-state index in [2.05, 4.69) is 5.32 Å². The van der Waals surface area contributed by atoms with Crippen LogP contribution in [-0.4, -0.2) is 52.6 Å². The first-order chi connectivity index (χ1) is 14.8. The van der Waals surface area contributed by atoms with Crippen LogP contribution in [0, 0.1) is 29.3 Å². The van der Waals surface area contributed by atoms with Gasteiger partial charge >= 0.3 is 0 Å². The number of piperidine rings is 1. The van der Waals surface area contributed by atoms with Crippen molar-refractivity contribution >= 4 is 11.8 Å². The molecule has 5 atom stereocenters. The Morgan fingerprint density at radius 2 is 1.68 bits per heavy atom. The number of nitrogens with one attached hydrogen (secondary N) is 1. The number of fused-ring (bicyclic) bond motifs is 2. The van der Waals surface area contributed by atoms with Crippen LogP contribution >= 0.6 is 0 Å². The fourth-order valence-corrected chi connectivity index (χ4v) is 5.07. The van der Waals surface area contributed by atoms with E-state index in [0.717, 1.165) is 31.7 Å². The highest BCUT2D eigenvalue weighted by atomic mass is 19.2. The molecule has 3 unspecified atom stereocenters. The molecule has 2 amide bonds. The minimum absolute atomic E-state index is 0.00250. The summed E-state index contributed by atoms with van der Waals surface area (Å²) in [4.78, 5) is 26.9. The number of nitrogens with two attached hydrogens (primary N) is 1. The molecule has 9 heteroatoms. The molecule has 0 aromatic heterocycles. The lowest BCUT2D eigenvalue weighted by Gasteiger charge is -2.42. The van der Waals surface area contributed by atoms with Gasteiger partial charge in [0.15, 0.2) is 11.6 Å². The van der Waals surface area contributed by atoms with E-state index in [0.29, 0.717) is 18.9 Å². The average Bonchev–Trinajstić information content (AvgIpc) is 3.55. The Labute approximate surface area is 179 Å². The summed E-state index contributed by atoms with van der Waals surface area (Å²) in [5.41, 5.74) is 6.36. The highest BCUT2D eigenvalue weighted by Gasteiger charge is 2.46. The molecule has 2 bridgehead atoms. The number of hydrogen-bond donors (Lipinski definition) is 3. The van der Waals surface area contributed by atoms with Crippen molar-refractivity contribution in [3.05, 3.63) is 35.1 Å². The number of rotatable bonds is 7. The SMILES string of the molecule is N[C@H](Cc1cc(F)c(F)cc1F)C1CC2CC[C@H](C1)N2C(=O)C(CO)NC(=O)C1CC1. The summed E-state index contributed by atoms with van der Waals surface area (Å²) in [5.74, 6) is -3.67. The van der Waals surface area contributed by atoms with Crippen LogP contribution in [0.3, 0.4) is 0 Å². The maximum Gasteiger partial charge on any atom is 0.248 e. The average molecular weight is 439 g/mol. The normalized spacial score (nSPS) is 27.1. The van der Waals surface area contributed by atoms with E-state index in [1.165, 1.54) is 0 Å². The van der Waals surface area contributed by atoms with E-state index >= 15 is 0 Å². The second kappa shape index (κ2) is 8.78. The molecule has 4 rings (SSSR count). The van der Waals surface area contributed by atoms with Crippen LogP contribution in [-0.2, 0) is 16.0 Å². The number of hydrogen-bond acceptors (Lipinski definition) is 4. The summed E-state index contributed by atoms with van der Waals surface area (Å²) in [7, 11) is 0. The van der Waals surface area contributed by atoms with E-state index in [1.807, 2.05) is 0 Å². The Morgan fingerprint density at radius 1 is 1.06 bits per heavy atom. The number of aliphatic hydroxyl groups is 1. The molecular formula is C22H28F3N3O3. The maximum absolute atomic E-state index is 14.0. The first kappa shape index (κ1) is 22.1. The third-order valence-corrected chi connectivity index (χ3v) is 6.92. The van der Waals surface area contributed by atoms with Gasteiger partial charge in [-0.3, -0.25) is 9.59 Å². The molecular weight excluding hydrogens is 411 g/mol. The van der Waals surface area contributed by atoms with Crippen LogP contribution in [0.25, 0.3) is 0 Å². The van der Waals surface area contributed by atoms with Crippen LogP contribution in [0.5, 0.6) is 0 Å². The van der Waals surface area contributed by atoms with E-state index in [-0.39, 0.29) is 47.7 Å². The summed E-state index contributed by atoms with van der Waals surface area (Å²) in [6.07, 6.45) is 4.53. The first-order valence-electron chi connectivity index (χ1n) is 10.9. The Bertz CT molecular complexity index is 850. The Hall–Kier alpha value is -2.13. The number of carbonyl (C=O) groups excluding carboxylic acids is 2. The molecule has 0 radical (unpaired) electrons. The van der Waals surface area contributed by atoms with Crippen LogP contribution in [0.4, 0.5) is 13.2 Å². The van der Waals surface area contributed by atoms with E-state index in [4.69, 9.17) is 5.73 Å². The molecule has 31 heavy (non-hydrogen) atoms. The van der Waals surface area contributed by atoms with E-state index < -0.39 is 36.1 Å². The fraction of sp³-hybridized carbons (Fsp3) is 0.636. The molecule has 2 aliphatic heterocycles. The second-order valence-electron chi connectivity index (χ2n) is 9.11. The number of nitrogens with zero attached hydrogens (tertiary/aromatic N) is 1. The standard InChI is InChI=1S/C22H28F3N3O3/c23-16-9-18(25)17(24)7-12(16)8-19(26)13-5-14-3-4-15(6-13)28(14)22(31)20(10-29)27-21(30)11-1-2-11/h7,9,11,13-15,19-20,29H,1-6,8,10,26H2,(H,27,30)/t13?,14-,15?,19-,20?/m1/s1. The van der Waals surface area contributed by atoms with Crippen molar-refractivity contribution < 1.29 is 27.9 Å². The molecule has 3 aliphatic rings. The quantitative estimate of drug-likeness (QED) is 0.563. The summed E-state index contributed by atoms with van der Waals surface area (Å²) in [5, 5.41) is 12.3. The fourth-order valence-electron chi connectivity index (χ4n) is 5.07. The van der Waals surface area contributed by atoms with Crippen LogP contribution in [0.15, 0.2) is 12.1 Å². The predicted molar refractivity (Wildman–Crippen MR) is 106 cm³/mol. The molecule has 1 aromatic rings. The van der Waals surface area contributed by atoms with Crippen LogP contribution in [0.2, 0.25) is 0 Å². The molecule has 6 nitrogen and oxygen atoms in total. The van der Waals surface area contributed by atoms with Crippen molar-refractivity contribution in [2.45, 2.75) is 69.1 Å². The van der Waals surface area contributed by atoms with Gasteiger partial charge in [-0.1, -0.05) is 0 Å². The molecule has 1 aromatic carbocycles. The van der Waals surface area contributed by atoms with Gasteiger partial charge in [0.2, 0.25) is 11.8 Å². The first-order valence-corrected chi connectivity index (χ1v) is 10.9. The van der Waals surface area contributed by atoms with Gasteiger partial charge in [-0.2, -0.15) is 0 Å². The van der Waals surface area contributed by atoms with Gasteiger partial charge in [0.1, 0.15) is 11.9 Å². The molecule has 2 heterocycles.